The number of carbonyl (C=O) groups is 1. The Labute approximate surface area is 102 Å². The van der Waals surface area contributed by atoms with Crippen molar-refractivity contribution in [3.63, 3.8) is 0 Å². The quantitative estimate of drug-likeness (QED) is 0.803. The zero-order chi connectivity index (χ0) is 12.0. The molecule has 17 heavy (non-hydrogen) atoms. The minimum Gasteiger partial charge on any atom is -0.391 e. The van der Waals surface area contributed by atoms with Crippen LogP contribution in [0.25, 0.3) is 0 Å². The van der Waals surface area contributed by atoms with Crippen molar-refractivity contribution in [3.8, 4) is 0 Å². The molecule has 1 aromatic rings. The normalized spacial score (nSPS) is 40.6. The Morgan fingerprint density at radius 3 is 2.53 bits per heavy atom. The third kappa shape index (κ3) is 1.40. The minimum atomic E-state index is -0.509. The number of aliphatic hydroxyl groups is 1. The molecule has 0 heterocycles. The zero-order valence-electron chi connectivity index (χ0n) is 10.1. The highest BCUT2D eigenvalue weighted by Crippen LogP contribution is 2.52. The molecule has 3 fully saturated rings. The average Bonchev–Trinajstić information content (AvgIpc) is 2.36. The molecule has 3 saturated carbocycles. The standard InChI is InChI=1S/C15H18O2/c1-15(10-5-3-2-4-6-10)11-7-8-12(14(15)17)13(16)9-11/h2-6,11-12,14,17H,7-9H2,1H3/t11-,12?,14+,15?/m0/s1. The van der Waals surface area contributed by atoms with Crippen molar-refractivity contribution >= 4 is 5.78 Å². The number of carbonyl (C=O) groups excluding carboxylic acids is 1. The molecule has 0 aliphatic heterocycles. The van der Waals surface area contributed by atoms with Gasteiger partial charge in [0, 0.05) is 17.8 Å². The van der Waals surface area contributed by atoms with Crippen molar-refractivity contribution in [2.24, 2.45) is 11.8 Å². The van der Waals surface area contributed by atoms with Gasteiger partial charge in [-0.15, -0.1) is 0 Å². The van der Waals surface area contributed by atoms with Crippen LogP contribution in [0.15, 0.2) is 30.3 Å². The average molecular weight is 230 g/mol. The SMILES string of the molecule is CC1(c2ccccc2)[C@H]2CCC(C(=O)C2)[C@H]1O. The molecule has 3 aliphatic carbocycles. The number of ketones is 1. The van der Waals surface area contributed by atoms with E-state index >= 15 is 0 Å². The van der Waals surface area contributed by atoms with Crippen molar-refractivity contribution < 1.29 is 9.90 Å². The molecule has 4 atom stereocenters. The van der Waals surface area contributed by atoms with Crippen molar-refractivity contribution in [2.45, 2.75) is 37.7 Å². The Morgan fingerprint density at radius 1 is 1.24 bits per heavy atom. The van der Waals surface area contributed by atoms with Crippen LogP contribution in [-0.2, 0) is 10.2 Å². The molecule has 2 heteroatoms. The molecule has 1 aromatic carbocycles. The summed E-state index contributed by atoms with van der Waals surface area (Å²) >= 11 is 0. The van der Waals surface area contributed by atoms with Crippen LogP contribution in [0.2, 0.25) is 0 Å². The van der Waals surface area contributed by atoms with Gasteiger partial charge >= 0.3 is 0 Å². The van der Waals surface area contributed by atoms with Gasteiger partial charge in [-0.3, -0.25) is 4.79 Å². The Morgan fingerprint density at radius 2 is 1.94 bits per heavy atom. The molecule has 90 valence electrons. The van der Waals surface area contributed by atoms with E-state index in [1.165, 1.54) is 5.56 Å². The summed E-state index contributed by atoms with van der Waals surface area (Å²) in [6.07, 6.45) is 2.07. The summed E-state index contributed by atoms with van der Waals surface area (Å²) in [6.45, 7) is 2.12. The molecule has 1 N–H and O–H groups in total. The number of hydrogen-bond acceptors (Lipinski definition) is 2. The second-order valence-corrected chi connectivity index (χ2v) is 5.64. The molecule has 0 spiro atoms. The highest BCUT2D eigenvalue weighted by atomic mass is 16.3. The van der Waals surface area contributed by atoms with Crippen LogP contribution in [0, 0.1) is 11.8 Å². The van der Waals surface area contributed by atoms with Crippen LogP contribution < -0.4 is 0 Å². The molecule has 0 aromatic heterocycles. The van der Waals surface area contributed by atoms with Gasteiger partial charge in [0.1, 0.15) is 5.78 Å². The van der Waals surface area contributed by atoms with Crippen LogP contribution in [-0.4, -0.2) is 17.0 Å². The topological polar surface area (TPSA) is 37.3 Å². The summed E-state index contributed by atoms with van der Waals surface area (Å²) < 4.78 is 0. The predicted molar refractivity (Wildman–Crippen MR) is 65.6 cm³/mol. The third-order valence-corrected chi connectivity index (χ3v) is 4.93. The first kappa shape index (κ1) is 11.0. The van der Waals surface area contributed by atoms with Crippen molar-refractivity contribution in [2.75, 3.05) is 0 Å². The van der Waals surface area contributed by atoms with Gasteiger partial charge in [-0.2, -0.15) is 0 Å². The smallest absolute Gasteiger partial charge is 0.138 e. The van der Waals surface area contributed by atoms with E-state index in [9.17, 15) is 9.90 Å². The molecular formula is C15H18O2. The fraction of sp³-hybridized carbons (Fsp3) is 0.533. The molecule has 2 nitrogen and oxygen atoms in total. The highest BCUT2D eigenvalue weighted by molar-refractivity contribution is 5.84. The molecule has 2 unspecified atom stereocenters. The maximum Gasteiger partial charge on any atom is 0.138 e. The lowest BCUT2D eigenvalue weighted by Gasteiger charge is -2.53. The van der Waals surface area contributed by atoms with Gasteiger partial charge in [0.25, 0.3) is 0 Å². The Hall–Kier alpha value is -1.15. The zero-order valence-corrected chi connectivity index (χ0v) is 10.1. The maximum absolute atomic E-state index is 11.8. The second-order valence-electron chi connectivity index (χ2n) is 5.64. The van der Waals surface area contributed by atoms with Crippen molar-refractivity contribution in [3.05, 3.63) is 35.9 Å². The van der Waals surface area contributed by atoms with Gasteiger partial charge in [-0.1, -0.05) is 37.3 Å². The number of hydrogen-bond donors (Lipinski definition) is 1. The van der Waals surface area contributed by atoms with Crippen LogP contribution in [0.3, 0.4) is 0 Å². The second kappa shape index (κ2) is 3.67. The Kier molecular flexibility index (Phi) is 2.37. The Bertz CT molecular complexity index is 435. The largest absolute Gasteiger partial charge is 0.391 e. The first-order valence-electron chi connectivity index (χ1n) is 6.40. The fourth-order valence-electron chi connectivity index (χ4n) is 3.75. The van der Waals surface area contributed by atoms with Gasteiger partial charge in [0.05, 0.1) is 6.10 Å². The van der Waals surface area contributed by atoms with Crippen LogP contribution in [0.5, 0.6) is 0 Å². The van der Waals surface area contributed by atoms with E-state index in [4.69, 9.17) is 0 Å². The lowest BCUT2D eigenvalue weighted by molar-refractivity contribution is -0.145. The first-order chi connectivity index (χ1) is 8.14. The van der Waals surface area contributed by atoms with Gasteiger partial charge in [0.15, 0.2) is 0 Å². The lowest BCUT2D eigenvalue weighted by atomic mass is 9.52. The van der Waals surface area contributed by atoms with Crippen LogP contribution >= 0.6 is 0 Å². The number of fused-ring (bicyclic) bond motifs is 3. The maximum atomic E-state index is 11.8. The van der Waals surface area contributed by atoms with E-state index in [2.05, 4.69) is 19.1 Å². The number of Topliss-reactive ketones (excluding diaryl/α,β-unsaturated/α-hetero) is 1. The van der Waals surface area contributed by atoms with E-state index < -0.39 is 6.10 Å². The third-order valence-electron chi connectivity index (χ3n) is 4.93. The van der Waals surface area contributed by atoms with Gasteiger partial charge in [-0.05, 0) is 24.3 Å². The van der Waals surface area contributed by atoms with Crippen LogP contribution in [0.1, 0.15) is 31.7 Å². The van der Waals surface area contributed by atoms with E-state index in [1.807, 2.05) is 18.2 Å². The lowest BCUT2D eigenvalue weighted by Crippen LogP contribution is -2.58. The molecule has 0 amide bonds. The number of rotatable bonds is 1. The molecule has 0 saturated heterocycles. The first-order valence-corrected chi connectivity index (χ1v) is 6.40. The van der Waals surface area contributed by atoms with E-state index in [0.29, 0.717) is 12.3 Å². The molecular weight excluding hydrogens is 212 g/mol. The predicted octanol–water partition coefficient (Wildman–Crippen LogP) is 2.30. The summed E-state index contributed by atoms with van der Waals surface area (Å²) in [5, 5.41) is 10.5. The minimum absolute atomic E-state index is 0.134. The van der Waals surface area contributed by atoms with Crippen molar-refractivity contribution in [1.29, 1.82) is 0 Å². The summed E-state index contributed by atoms with van der Waals surface area (Å²) in [4.78, 5) is 11.8. The highest BCUT2D eigenvalue weighted by Gasteiger charge is 2.55. The van der Waals surface area contributed by atoms with Gasteiger partial charge in [-0.25, -0.2) is 0 Å². The molecule has 3 aliphatic rings. The van der Waals surface area contributed by atoms with E-state index in [1.54, 1.807) is 0 Å². The molecule has 2 bridgehead atoms. The monoisotopic (exact) mass is 230 g/mol. The van der Waals surface area contributed by atoms with E-state index in [-0.39, 0.29) is 17.1 Å². The molecule has 0 radical (unpaired) electrons. The number of aliphatic hydroxyl groups excluding tert-OH is 1. The number of benzene rings is 1. The Balaban J connectivity index is 2.06. The molecule has 4 rings (SSSR count). The van der Waals surface area contributed by atoms with Crippen LogP contribution in [0.4, 0.5) is 0 Å². The summed E-state index contributed by atoms with van der Waals surface area (Å²) in [6, 6.07) is 10.2. The van der Waals surface area contributed by atoms with Gasteiger partial charge in [0.2, 0.25) is 0 Å². The van der Waals surface area contributed by atoms with E-state index in [0.717, 1.165) is 12.8 Å². The van der Waals surface area contributed by atoms with Gasteiger partial charge < -0.3 is 5.11 Å². The summed E-state index contributed by atoms with van der Waals surface area (Å²) in [7, 11) is 0. The van der Waals surface area contributed by atoms with Crippen molar-refractivity contribution in [1.82, 2.24) is 0 Å². The summed E-state index contributed by atoms with van der Waals surface area (Å²) in [5.41, 5.74) is 0.938. The summed E-state index contributed by atoms with van der Waals surface area (Å²) in [5.74, 6) is 0.435. The fourth-order valence-corrected chi connectivity index (χ4v) is 3.75.